The van der Waals surface area contributed by atoms with Gasteiger partial charge in [-0.1, -0.05) is 103 Å². The Balaban J connectivity index is 0.00000267. The van der Waals surface area contributed by atoms with Crippen molar-refractivity contribution < 1.29 is 28.6 Å². The molecule has 3 atom stereocenters. The van der Waals surface area contributed by atoms with Crippen LogP contribution in [-0.2, 0) is 26.7 Å². The van der Waals surface area contributed by atoms with Crippen LogP contribution in [-0.4, -0.2) is 41.5 Å². The number of nitrogens with one attached hydrogen (secondary N) is 1. The number of hydrogen-bond acceptors (Lipinski definition) is 5. The van der Waals surface area contributed by atoms with Crippen LogP contribution >= 0.6 is 8.25 Å². The number of benzene rings is 1. The Morgan fingerprint density at radius 1 is 0.886 bits per heavy atom. The number of ether oxygens (including phenoxy) is 1. The molecule has 0 radical (unpaired) electrons. The van der Waals surface area contributed by atoms with E-state index in [2.05, 4.69) is 42.7 Å². The van der Waals surface area contributed by atoms with Crippen molar-refractivity contribution in [1.82, 2.24) is 5.32 Å². The monoisotopic (exact) mass is 515 g/mol. The first-order chi connectivity index (χ1) is 16.9. The van der Waals surface area contributed by atoms with Crippen LogP contribution < -0.4 is 5.32 Å². The van der Waals surface area contributed by atoms with Crippen LogP contribution in [0.4, 0.5) is 4.79 Å². The zero-order valence-corrected chi connectivity index (χ0v) is 23.4. The molecule has 8 heteroatoms. The molecule has 0 aliphatic rings. The number of carbonyl (C=O) groups excluding carboxylic acids is 1. The zero-order valence-electron chi connectivity index (χ0n) is 22.4. The summed E-state index contributed by atoms with van der Waals surface area (Å²) in [7, 11) is -3.16. The molecular weight excluding hydrogens is 465 g/mol. The Morgan fingerprint density at radius 2 is 1.46 bits per heavy atom. The average molecular weight is 516 g/mol. The molecule has 0 fully saturated rings. The van der Waals surface area contributed by atoms with E-state index < -0.39 is 26.5 Å². The van der Waals surface area contributed by atoms with Gasteiger partial charge in [-0.25, -0.2) is 4.79 Å². The van der Waals surface area contributed by atoms with Gasteiger partial charge in [-0.2, -0.15) is 0 Å². The van der Waals surface area contributed by atoms with Gasteiger partial charge in [0.15, 0.2) is 0 Å². The number of alkyl carbamates (subject to hydrolysis) is 1. The van der Waals surface area contributed by atoms with E-state index in [-0.39, 0.29) is 6.61 Å². The number of hydrogen-bond donors (Lipinski definition) is 3. The summed E-state index contributed by atoms with van der Waals surface area (Å²) in [6, 6.07) is 7.44. The van der Waals surface area contributed by atoms with Crippen molar-refractivity contribution in [2.24, 2.45) is 0 Å². The molecule has 0 aromatic heterocycles. The maximum atomic E-state index is 12.0. The van der Waals surface area contributed by atoms with E-state index in [4.69, 9.17) is 9.63 Å². The zero-order chi connectivity index (χ0) is 26.3. The Morgan fingerprint density at radius 3 is 2.03 bits per heavy atom. The smallest absolute Gasteiger partial charge is 0.407 e. The minimum absolute atomic E-state index is 0.305. The number of aliphatic hydroxyl groups is 1. The second-order valence-corrected chi connectivity index (χ2v) is 9.74. The van der Waals surface area contributed by atoms with Crippen LogP contribution in [0.3, 0.4) is 0 Å². The second-order valence-electron chi connectivity index (χ2n) is 8.92. The van der Waals surface area contributed by atoms with Gasteiger partial charge in [-0.05, 0) is 36.8 Å². The largest absolute Gasteiger partial charge is 0.450 e. The van der Waals surface area contributed by atoms with Crippen LogP contribution in [0.25, 0.3) is 0 Å². The maximum Gasteiger partial charge on any atom is 0.407 e. The molecule has 1 aromatic carbocycles. The molecule has 0 aliphatic carbocycles. The Bertz CT molecular complexity index is 654. The van der Waals surface area contributed by atoms with Gasteiger partial charge < -0.3 is 24.6 Å². The lowest BCUT2D eigenvalue weighted by atomic mass is 9.99. The molecule has 1 rings (SSSR count). The highest BCUT2D eigenvalue weighted by atomic mass is 31.1. The summed E-state index contributed by atoms with van der Waals surface area (Å²) in [4.78, 5) is 20.9. The van der Waals surface area contributed by atoms with Crippen LogP contribution in [0.1, 0.15) is 103 Å². The topological polar surface area (TPSA) is 105 Å². The predicted octanol–water partition coefficient (Wildman–Crippen LogP) is 6.59. The van der Waals surface area contributed by atoms with Crippen molar-refractivity contribution in [3.05, 3.63) is 35.4 Å². The summed E-state index contributed by atoms with van der Waals surface area (Å²) in [5.41, 5.74) is 2.21. The molecule has 204 valence electrons. The molecule has 1 aromatic rings. The fourth-order valence-corrected chi connectivity index (χ4v) is 3.58. The summed E-state index contributed by atoms with van der Waals surface area (Å²) in [5, 5.41) is 13.0. The molecule has 0 saturated heterocycles. The first kappa shape index (κ1) is 33.6. The van der Waals surface area contributed by atoms with Crippen molar-refractivity contribution >= 4 is 14.3 Å². The number of rotatable bonds is 18. The van der Waals surface area contributed by atoms with Gasteiger partial charge in [-0.15, -0.1) is 0 Å². The van der Waals surface area contributed by atoms with Gasteiger partial charge in [0.1, 0.15) is 0 Å². The van der Waals surface area contributed by atoms with Crippen molar-refractivity contribution in [3.63, 3.8) is 0 Å². The van der Waals surface area contributed by atoms with E-state index in [9.17, 15) is 14.5 Å². The van der Waals surface area contributed by atoms with Crippen LogP contribution in [0.15, 0.2) is 24.3 Å². The summed E-state index contributed by atoms with van der Waals surface area (Å²) < 4.78 is 20.6. The number of amides is 1. The highest BCUT2D eigenvalue weighted by Crippen LogP contribution is 2.17. The molecule has 7 nitrogen and oxygen atoms in total. The molecule has 0 heterocycles. The molecule has 0 aliphatic heterocycles. The van der Waals surface area contributed by atoms with E-state index in [1.165, 1.54) is 56.9 Å². The van der Waals surface area contributed by atoms with Crippen LogP contribution in [0.2, 0.25) is 0 Å². The van der Waals surface area contributed by atoms with Gasteiger partial charge in [-0.3, -0.25) is 4.57 Å². The van der Waals surface area contributed by atoms with E-state index in [0.29, 0.717) is 13.0 Å². The minimum atomic E-state index is -3.16. The van der Waals surface area contributed by atoms with Gasteiger partial charge in [0.05, 0.1) is 25.4 Å². The third kappa shape index (κ3) is 19.5. The Hall–Kier alpha value is -1.40. The highest BCUT2D eigenvalue weighted by molar-refractivity contribution is 7.32. The molecule has 35 heavy (non-hydrogen) atoms. The lowest BCUT2D eigenvalue weighted by Gasteiger charge is -2.23. The lowest BCUT2D eigenvalue weighted by molar-refractivity contribution is 0.0657. The third-order valence-electron chi connectivity index (χ3n) is 5.67. The minimum Gasteiger partial charge on any atom is -0.450 e. The molecular formula is C27H50NO6P. The average Bonchev–Trinajstić information content (AvgIpc) is 2.85. The van der Waals surface area contributed by atoms with Crippen molar-refractivity contribution in [2.45, 2.75) is 117 Å². The van der Waals surface area contributed by atoms with Crippen molar-refractivity contribution in [3.8, 4) is 0 Å². The normalized spacial score (nSPS) is 13.3. The number of aliphatic hydroxyl groups excluding tert-OH is 1. The van der Waals surface area contributed by atoms with E-state index >= 15 is 0 Å². The van der Waals surface area contributed by atoms with Crippen molar-refractivity contribution in [2.75, 3.05) is 13.2 Å². The van der Waals surface area contributed by atoms with E-state index in [1.807, 2.05) is 19.1 Å². The lowest BCUT2D eigenvalue weighted by Crippen LogP contribution is -2.46. The molecule has 3 unspecified atom stereocenters. The predicted molar refractivity (Wildman–Crippen MR) is 144 cm³/mol. The second kappa shape index (κ2) is 23.0. The molecule has 0 spiro atoms. The summed E-state index contributed by atoms with van der Waals surface area (Å²) in [5.74, 6) is 0. The van der Waals surface area contributed by atoms with Crippen LogP contribution in [0, 0.1) is 0 Å². The maximum absolute atomic E-state index is 12.0. The summed E-state index contributed by atoms with van der Waals surface area (Å²) in [6.07, 6.45) is 11.5. The first-order valence-corrected chi connectivity index (χ1v) is 14.7. The fraction of sp³-hybridized carbons (Fsp3) is 0.741. The van der Waals surface area contributed by atoms with E-state index in [1.54, 1.807) is 0 Å². The molecule has 1 amide bonds. The molecule has 3 N–H and O–H groups in total. The molecule has 0 bridgehead atoms. The standard InChI is InChI=1S/C23H40NO6P.C4H10/c1-3-5-7-8-9-10-11-19-12-14-20(15-13-19)17-21(22(25)18-30-31(27)28)24-23(26)29-16-6-4-2;1-3-4-2/h12-15,21-22,25,31H,3-11,16-18H2,1-2H3,(H,24,26)(H,27,28);3-4H2,1-2H3. The quantitative estimate of drug-likeness (QED) is 0.150. The third-order valence-corrected chi connectivity index (χ3v) is 6.09. The van der Waals surface area contributed by atoms with Crippen molar-refractivity contribution in [1.29, 1.82) is 0 Å². The van der Waals surface area contributed by atoms with Gasteiger partial charge in [0, 0.05) is 0 Å². The van der Waals surface area contributed by atoms with Gasteiger partial charge in [0.2, 0.25) is 0 Å². The molecule has 0 saturated carbocycles. The van der Waals surface area contributed by atoms with E-state index in [0.717, 1.165) is 24.8 Å². The van der Waals surface area contributed by atoms with Gasteiger partial charge in [0.25, 0.3) is 0 Å². The summed E-state index contributed by atoms with van der Waals surface area (Å²) in [6.45, 7) is 8.54. The fourth-order valence-electron chi connectivity index (χ4n) is 3.26. The van der Waals surface area contributed by atoms with Crippen LogP contribution in [0.5, 0.6) is 0 Å². The number of aryl methyl sites for hydroxylation is 1. The SMILES string of the molecule is CCCC.CCCCCCCCc1ccc(CC(NC(=O)OCCCC)C(O)CO[PH](=O)O)cc1. The number of unbranched alkanes of at least 4 members (excludes halogenated alkanes) is 7. The number of carbonyl (C=O) groups is 1. The Kier molecular flexibility index (Phi) is 22.1. The highest BCUT2D eigenvalue weighted by Gasteiger charge is 2.23. The van der Waals surface area contributed by atoms with Gasteiger partial charge >= 0.3 is 14.3 Å². The summed E-state index contributed by atoms with van der Waals surface area (Å²) >= 11 is 0. The Labute approximate surface area is 214 Å². The first-order valence-electron chi connectivity index (χ1n) is 13.4.